The second-order valence-electron chi connectivity index (χ2n) is 11.3. The van der Waals surface area contributed by atoms with Crippen LogP contribution < -0.4 is 39.6 Å². The second kappa shape index (κ2) is 18.2. The van der Waals surface area contributed by atoms with E-state index in [9.17, 15) is 14.4 Å². The van der Waals surface area contributed by atoms with Crippen LogP contribution in [0.4, 0.5) is 11.4 Å². The molecule has 1 unspecified atom stereocenters. The van der Waals surface area contributed by atoms with Gasteiger partial charge in [-0.05, 0) is 59.7 Å². The van der Waals surface area contributed by atoms with Crippen LogP contribution in [-0.4, -0.2) is 53.3 Å². The monoisotopic (exact) mass is 733 g/mol. The van der Waals surface area contributed by atoms with Crippen LogP contribution in [0.15, 0.2) is 126 Å². The average Bonchev–Trinajstić information content (AvgIpc) is 3.19. The van der Waals surface area contributed by atoms with Gasteiger partial charge in [0, 0.05) is 40.0 Å². The number of hydrogen-bond acceptors (Lipinski definition) is 9. The Morgan fingerprint density at radius 1 is 0.623 bits per heavy atom. The predicted molar refractivity (Wildman–Crippen MR) is 206 cm³/mol. The Labute approximate surface area is 312 Å². The minimum Gasteiger partial charge on any atom is -0.497 e. The molecular formula is C41H39N3O8S. The summed E-state index contributed by atoms with van der Waals surface area (Å²) < 4.78 is 27.2. The zero-order valence-electron chi connectivity index (χ0n) is 29.8. The summed E-state index contributed by atoms with van der Waals surface area (Å²) in [6.07, 6.45) is 1.52. The summed E-state index contributed by atoms with van der Waals surface area (Å²) in [4.78, 5) is 41.7. The summed E-state index contributed by atoms with van der Waals surface area (Å²) in [5.41, 5.74) is 2.56. The molecule has 0 bridgehead atoms. The SMILES string of the molecule is COc1cc(NC(=O)C(Sc2cccc(NC(=O)/C(=C\c3cc(OC)c(OC)c(OC)c3)NC(=O)c3ccccc3)c2)c2ccccc2)cc(OC)c1. The first-order chi connectivity index (χ1) is 25.7. The molecule has 0 heterocycles. The molecule has 0 saturated heterocycles. The molecule has 5 aromatic rings. The van der Waals surface area contributed by atoms with Gasteiger partial charge in [0.25, 0.3) is 11.8 Å². The van der Waals surface area contributed by atoms with Crippen LogP contribution in [0, 0.1) is 0 Å². The van der Waals surface area contributed by atoms with Crippen LogP contribution in [0.3, 0.4) is 0 Å². The zero-order chi connectivity index (χ0) is 37.7. The number of rotatable bonds is 15. The Hall–Kier alpha value is -6.40. The van der Waals surface area contributed by atoms with Crippen molar-refractivity contribution in [2.45, 2.75) is 10.1 Å². The van der Waals surface area contributed by atoms with Gasteiger partial charge >= 0.3 is 0 Å². The largest absolute Gasteiger partial charge is 0.497 e. The average molecular weight is 734 g/mol. The molecule has 0 spiro atoms. The minimum atomic E-state index is -0.667. The van der Waals surface area contributed by atoms with E-state index in [0.29, 0.717) is 56.1 Å². The van der Waals surface area contributed by atoms with Crippen molar-refractivity contribution in [3.05, 3.63) is 138 Å². The number of carbonyl (C=O) groups is 3. The van der Waals surface area contributed by atoms with Gasteiger partial charge in [-0.2, -0.15) is 0 Å². The Morgan fingerprint density at radius 2 is 1.25 bits per heavy atom. The molecule has 0 radical (unpaired) electrons. The summed E-state index contributed by atoms with van der Waals surface area (Å²) >= 11 is 1.31. The third kappa shape index (κ3) is 9.89. The highest BCUT2D eigenvalue weighted by atomic mass is 32.2. The van der Waals surface area contributed by atoms with E-state index in [-0.39, 0.29) is 11.6 Å². The molecule has 3 N–H and O–H groups in total. The number of hydrogen-bond donors (Lipinski definition) is 3. The summed E-state index contributed by atoms with van der Waals surface area (Å²) in [7, 11) is 7.55. The number of carbonyl (C=O) groups excluding carboxylic acids is 3. The van der Waals surface area contributed by atoms with Crippen LogP contribution >= 0.6 is 11.8 Å². The van der Waals surface area contributed by atoms with Crippen molar-refractivity contribution < 1.29 is 38.1 Å². The van der Waals surface area contributed by atoms with E-state index in [4.69, 9.17) is 23.7 Å². The molecule has 0 aliphatic heterocycles. The quantitative estimate of drug-likeness (QED) is 0.0735. The molecule has 0 aliphatic rings. The lowest BCUT2D eigenvalue weighted by Gasteiger charge is -2.18. The number of anilines is 2. The third-order valence-electron chi connectivity index (χ3n) is 7.83. The molecule has 0 aliphatic carbocycles. The summed E-state index contributed by atoms with van der Waals surface area (Å²) in [5.74, 6) is 0.857. The van der Waals surface area contributed by atoms with Crippen LogP contribution in [0.1, 0.15) is 26.7 Å². The first-order valence-electron chi connectivity index (χ1n) is 16.3. The maximum atomic E-state index is 13.9. The number of ether oxygens (including phenoxy) is 5. The van der Waals surface area contributed by atoms with Crippen molar-refractivity contribution in [1.29, 1.82) is 0 Å². The summed E-state index contributed by atoms with van der Waals surface area (Å²) in [6.45, 7) is 0. The lowest BCUT2D eigenvalue weighted by Crippen LogP contribution is -2.30. The standard InChI is InChI=1S/C41H39N3O8S/c1-48-31-22-30(23-32(25-31)49-2)43-41(47)38(27-13-8-6-9-14-27)53-33-18-12-17-29(24-33)42-40(46)34(44-39(45)28-15-10-7-11-16-28)19-26-20-35(50-3)37(52-5)36(21-26)51-4/h6-25,38H,1-5H3,(H,42,46)(H,43,47)(H,44,45)/b34-19+. The molecule has 3 amide bonds. The molecule has 272 valence electrons. The Kier molecular flexibility index (Phi) is 13.0. The van der Waals surface area contributed by atoms with E-state index in [2.05, 4.69) is 16.0 Å². The number of methoxy groups -OCH3 is 5. The molecule has 12 heteroatoms. The van der Waals surface area contributed by atoms with E-state index in [1.165, 1.54) is 53.4 Å². The smallest absolute Gasteiger partial charge is 0.272 e. The van der Waals surface area contributed by atoms with Gasteiger partial charge in [0.15, 0.2) is 11.5 Å². The van der Waals surface area contributed by atoms with Crippen LogP contribution in [0.25, 0.3) is 6.08 Å². The van der Waals surface area contributed by atoms with Crippen LogP contribution in [0.5, 0.6) is 28.7 Å². The van der Waals surface area contributed by atoms with Gasteiger partial charge in [0.05, 0.1) is 35.5 Å². The van der Waals surface area contributed by atoms with Crippen LogP contribution in [-0.2, 0) is 9.59 Å². The lowest BCUT2D eigenvalue weighted by atomic mass is 10.1. The van der Waals surface area contributed by atoms with Gasteiger partial charge in [-0.1, -0.05) is 54.6 Å². The second-order valence-corrected chi connectivity index (χ2v) is 12.5. The van der Waals surface area contributed by atoms with E-state index < -0.39 is 17.1 Å². The molecule has 5 rings (SSSR count). The van der Waals surface area contributed by atoms with Crippen molar-refractivity contribution in [3.63, 3.8) is 0 Å². The summed E-state index contributed by atoms with van der Waals surface area (Å²) in [6, 6.07) is 33.5. The highest BCUT2D eigenvalue weighted by Crippen LogP contribution is 2.40. The number of nitrogens with one attached hydrogen (secondary N) is 3. The Balaban J connectivity index is 1.43. The molecule has 11 nitrogen and oxygen atoms in total. The fourth-order valence-corrected chi connectivity index (χ4v) is 6.35. The van der Waals surface area contributed by atoms with Crippen LogP contribution in [0.2, 0.25) is 0 Å². The Morgan fingerprint density at radius 3 is 1.83 bits per heavy atom. The molecule has 0 saturated carbocycles. The van der Waals surface area contributed by atoms with Crippen molar-refractivity contribution in [3.8, 4) is 28.7 Å². The molecule has 0 aromatic heterocycles. The number of thioether (sulfide) groups is 1. The lowest BCUT2D eigenvalue weighted by molar-refractivity contribution is -0.116. The fraction of sp³-hybridized carbons (Fsp3) is 0.146. The number of amides is 3. The van der Waals surface area contributed by atoms with Crippen molar-refractivity contribution >= 4 is 46.9 Å². The van der Waals surface area contributed by atoms with E-state index in [0.717, 1.165) is 5.56 Å². The molecule has 0 fully saturated rings. The van der Waals surface area contributed by atoms with Gasteiger partial charge in [0.1, 0.15) is 22.4 Å². The zero-order valence-corrected chi connectivity index (χ0v) is 30.6. The summed E-state index contributed by atoms with van der Waals surface area (Å²) in [5, 5.41) is 7.97. The third-order valence-corrected chi connectivity index (χ3v) is 9.08. The van der Waals surface area contributed by atoms with Gasteiger partial charge in [-0.25, -0.2) is 0 Å². The predicted octanol–water partition coefficient (Wildman–Crippen LogP) is 7.61. The van der Waals surface area contributed by atoms with Gasteiger partial charge < -0.3 is 39.6 Å². The highest BCUT2D eigenvalue weighted by molar-refractivity contribution is 8.00. The maximum Gasteiger partial charge on any atom is 0.272 e. The topological polar surface area (TPSA) is 133 Å². The van der Waals surface area contributed by atoms with E-state index in [1.54, 1.807) is 78.9 Å². The Bertz CT molecular complexity index is 2040. The minimum absolute atomic E-state index is 0.0403. The maximum absolute atomic E-state index is 13.9. The molecular weight excluding hydrogens is 695 g/mol. The van der Waals surface area contributed by atoms with Gasteiger partial charge in [-0.15, -0.1) is 11.8 Å². The van der Waals surface area contributed by atoms with E-state index >= 15 is 0 Å². The molecule has 53 heavy (non-hydrogen) atoms. The normalized spacial score (nSPS) is 11.5. The van der Waals surface area contributed by atoms with Gasteiger partial charge in [-0.3, -0.25) is 14.4 Å². The first-order valence-corrected chi connectivity index (χ1v) is 17.2. The first kappa shape index (κ1) is 37.8. The fourth-order valence-electron chi connectivity index (χ4n) is 5.26. The van der Waals surface area contributed by atoms with Crippen molar-refractivity contribution in [2.24, 2.45) is 0 Å². The van der Waals surface area contributed by atoms with Gasteiger partial charge in [0.2, 0.25) is 11.7 Å². The number of benzene rings is 5. The highest BCUT2D eigenvalue weighted by Gasteiger charge is 2.24. The van der Waals surface area contributed by atoms with Crippen molar-refractivity contribution in [1.82, 2.24) is 5.32 Å². The van der Waals surface area contributed by atoms with Crippen molar-refractivity contribution in [2.75, 3.05) is 46.2 Å². The van der Waals surface area contributed by atoms with E-state index in [1.807, 2.05) is 36.4 Å². The molecule has 5 aromatic carbocycles. The molecule has 1 atom stereocenters.